The maximum Gasteiger partial charge on any atom is 0.262 e. The number of anilines is 1. The summed E-state index contributed by atoms with van der Waals surface area (Å²) < 4.78 is 0. The average Bonchev–Trinajstić information content (AvgIpc) is 3.10. The van der Waals surface area contributed by atoms with E-state index in [1.165, 1.54) is 18.4 Å². The fraction of sp³-hybridized carbons (Fsp3) is 0.148. The predicted octanol–water partition coefficient (Wildman–Crippen LogP) is 7.15. The first-order chi connectivity index (χ1) is 14.7. The van der Waals surface area contributed by atoms with E-state index in [9.17, 15) is 4.79 Å². The molecule has 0 unspecified atom stereocenters. The lowest BCUT2D eigenvalue weighted by Crippen LogP contribution is -2.24. The van der Waals surface area contributed by atoms with Gasteiger partial charge in [-0.15, -0.1) is 0 Å². The van der Waals surface area contributed by atoms with Gasteiger partial charge in [0.1, 0.15) is 0 Å². The number of hydrogen-bond acceptors (Lipinski definition) is 1. The summed E-state index contributed by atoms with van der Waals surface area (Å²) in [6.07, 6.45) is 7.30. The average molecular weight is 414 g/mol. The Morgan fingerprint density at radius 1 is 0.900 bits per heavy atom. The highest BCUT2D eigenvalue weighted by atomic mass is 35.5. The van der Waals surface area contributed by atoms with Crippen molar-refractivity contribution in [3.63, 3.8) is 0 Å². The highest BCUT2D eigenvalue weighted by molar-refractivity contribution is 6.30. The number of halogens is 1. The lowest BCUT2D eigenvalue weighted by Gasteiger charge is -2.21. The summed E-state index contributed by atoms with van der Waals surface area (Å²) in [5.41, 5.74) is 5.66. The van der Waals surface area contributed by atoms with Crippen LogP contribution in [-0.2, 0) is 11.2 Å². The van der Waals surface area contributed by atoms with Crippen LogP contribution in [0.1, 0.15) is 36.5 Å². The molecule has 150 valence electrons. The van der Waals surface area contributed by atoms with Crippen LogP contribution in [0.5, 0.6) is 0 Å². The Labute approximate surface area is 183 Å². The number of benzene rings is 3. The quantitative estimate of drug-likeness (QED) is 0.393. The molecule has 0 bridgehead atoms. The Morgan fingerprint density at radius 2 is 1.60 bits per heavy atom. The number of nitrogens with zero attached hydrogens (tertiary/aromatic N) is 1. The second-order valence-electron chi connectivity index (χ2n) is 7.46. The second kappa shape index (κ2) is 9.15. The number of aryl methyl sites for hydroxylation is 1. The van der Waals surface area contributed by atoms with E-state index >= 15 is 0 Å². The van der Waals surface area contributed by atoms with Crippen LogP contribution in [0.4, 0.5) is 5.69 Å². The molecule has 1 aliphatic rings. The van der Waals surface area contributed by atoms with Crippen molar-refractivity contribution in [2.45, 2.75) is 26.2 Å². The first kappa shape index (κ1) is 20.2. The molecule has 1 amide bonds. The van der Waals surface area contributed by atoms with E-state index in [1.807, 2.05) is 78.9 Å². The fourth-order valence-electron chi connectivity index (χ4n) is 3.63. The van der Waals surface area contributed by atoms with Crippen molar-refractivity contribution >= 4 is 35.0 Å². The number of unbranched alkanes of at least 4 members (excludes halogenated alkanes) is 1. The number of amides is 1. The van der Waals surface area contributed by atoms with Gasteiger partial charge in [-0.2, -0.15) is 0 Å². The first-order valence-electron chi connectivity index (χ1n) is 10.3. The number of carbonyl (C=O) groups excluding carboxylic acids is 1. The third-order valence-electron chi connectivity index (χ3n) is 5.26. The molecule has 0 saturated heterocycles. The van der Waals surface area contributed by atoms with Crippen molar-refractivity contribution in [3.8, 4) is 0 Å². The second-order valence-corrected chi connectivity index (χ2v) is 7.89. The molecule has 4 rings (SSSR count). The van der Waals surface area contributed by atoms with Crippen molar-refractivity contribution in [2.24, 2.45) is 0 Å². The van der Waals surface area contributed by atoms with Gasteiger partial charge in [-0.3, -0.25) is 9.69 Å². The molecule has 1 aliphatic heterocycles. The van der Waals surface area contributed by atoms with Crippen LogP contribution in [-0.4, -0.2) is 5.91 Å². The molecular formula is C27H24ClNO. The largest absolute Gasteiger partial charge is 0.276 e. The summed E-state index contributed by atoms with van der Waals surface area (Å²) in [5, 5.41) is 0.676. The maximum absolute atomic E-state index is 13.4. The Bertz CT molecular complexity index is 1080. The molecule has 0 radical (unpaired) electrons. The van der Waals surface area contributed by atoms with Crippen molar-refractivity contribution in [1.29, 1.82) is 0 Å². The third-order valence-corrected chi connectivity index (χ3v) is 5.51. The lowest BCUT2D eigenvalue weighted by molar-refractivity contribution is -0.113. The van der Waals surface area contributed by atoms with Crippen LogP contribution >= 0.6 is 11.6 Å². The van der Waals surface area contributed by atoms with E-state index in [4.69, 9.17) is 11.6 Å². The van der Waals surface area contributed by atoms with Crippen molar-refractivity contribution < 1.29 is 4.79 Å². The van der Waals surface area contributed by atoms with Gasteiger partial charge in [-0.05, 0) is 65.9 Å². The number of carbonyl (C=O) groups is 1. The van der Waals surface area contributed by atoms with E-state index in [-0.39, 0.29) is 5.91 Å². The molecule has 30 heavy (non-hydrogen) atoms. The topological polar surface area (TPSA) is 20.3 Å². The highest BCUT2D eigenvalue weighted by Gasteiger charge is 2.30. The van der Waals surface area contributed by atoms with Gasteiger partial charge in [0.25, 0.3) is 5.91 Å². The standard InChI is InChI=1S/C27H24ClNO/c1-2-3-7-20-10-16-25(17-11-20)29-26(22-12-14-24(28)15-13-22)19-23(27(29)30)18-21-8-5-4-6-9-21/h4-6,8-19H,2-3,7H2,1H3/b23-18+. The maximum atomic E-state index is 13.4. The molecule has 3 aromatic carbocycles. The highest BCUT2D eigenvalue weighted by Crippen LogP contribution is 2.35. The van der Waals surface area contributed by atoms with Gasteiger partial charge in [0.05, 0.1) is 5.70 Å². The van der Waals surface area contributed by atoms with Crippen LogP contribution in [0, 0.1) is 0 Å². The van der Waals surface area contributed by atoms with Crippen molar-refractivity contribution in [2.75, 3.05) is 4.90 Å². The van der Waals surface area contributed by atoms with Crippen LogP contribution in [0.15, 0.2) is 90.5 Å². The van der Waals surface area contributed by atoms with Crippen LogP contribution < -0.4 is 4.90 Å². The summed E-state index contributed by atoms with van der Waals surface area (Å²) in [7, 11) is 0. The molecule has 0 saturated carbocycles. The van der Waals surface area contributed by atoms with E-state index in [0.29, 0.717) is 10.6 Å². The van der Waals surface area contributed by atoms with E-state index < -0.39 is 0 Å². The molecule has 0 fully saturated rings. The van der Waals surface area contributed by atoms with Crippen LogP contribution in [0.2, 0.25) is 5.02 Å². The Balaban J connectivity index is 1.73. The zero-order valence-corrected chi connectivity index (χ0v) is 17.8. The monoisotopic (exact) mass is 413 g/mol. The smallest absolute Gasteiger partial charge is 0.262 e. The van der Waals surface area contributed by atoms with E-state index in [1.54, 1.807) is 4.90 Å². The molecule has 0 aromatic heterocycles. The van der Waals surface area contributed by atoms with E-state index in [0.717, 1.165) is 28.9 Å². The Kier molecular flexibility index (Phi) is 6.15. The normalized spacial score (nSPS) is 15.0. The summed E-state index contributed by atoms with van der Waals surface area (Å²) >= 11 is 6.08. The predicted molar refractivity (Wildman–Crippen MR) is 126 cm³/mol. The van der Waals surface area contributed by atoms with Gasteiger partial charge < -0.3 is 0 Å². The molecule has 0 aliphatic carbocycles. The summed E-state index contributed by atoms with van der Waals surface area (Å²) in [6.45, 7) is 2.20. The van der Waals surface area contributed by atoms with Crippen LogP contribution in [0.3, 0.4) is 0 Å². The molecular weight excluding hydrogens is 390 g/mol. The minimum absolute atomic E-state index is 0.0230. The fourth-order valence-corrected chi connectivity index (χ4v) is 3.75. The zero-order chi connectivity index (χ0) is 20.9. The SMILES string of the molecule is CCCCc1ccc(N2C(=O)/C(=C/c3ccccc3)C=C2c2ccc(Cl)cc2)cc1. The molecule has 0 atom stereocenters. The third kappa shape index (κ3) is 4.39. The van der Waals surface area contributed by atoms with Gasteiger partial charge in [0.2, 0.25) is 0 Å². The minimum atomic E-state index is -0.0230. The number of hydrogen-bond donors (Lipinski definition) is 0. The zero-order valence-electron chi connectivity index (χ0n) is 17.0. The van der Waals surface area contributed by atoms with Gasteiger partial charge >= 0.3 is 0 Å². The first-order valence-corrected chi connectivity index (χ1v) is 10.7. The molecule has 0 N–H and O–H groups in total. The van der Waals surface area contributed by atoms with Crippen molar-refractivity contribution in [1.82, 2.24) is 0 Å². The van der Waals surface area contributed by atoms with Crippen LogP contribution in [0.25, 0.3) is 11.8 Å². The molecule has 1 heterocycles. The van der Waals surface area contributed by atoms with Gasteiger partial charge in [0.15, 0.2) is 0 Å². The van der Waals surface area contributed by atoms with Gasteiger partial charge in [-0.1, -0.05) is 79.5 Å². The minimum Gasteiger partial charge on any atom is -0.276 e. The molecule has 3 heteroatoms. The van der Waals surface area contributed by atoms with Gasteiger partial charge in [-0.25, -0.2) is 0 Å². The molecule has 3 aromatic rings. The summed E-state index contributed by atoms with van der Waals surface area (Å²) in [4.78, 5) is 15.2. The van der Waals surface area contributed by atoms with Gasteiger partial charge in [0, 0.05) is 16.3 Å². The molecule has 2 nitrogen and oxygen atoms in total. The van der Waals surface area contributed by atoms with Crippen molar-refractivity contribution in [3.05, 3.63) is 112 Å². The molecule has 0 spiro atoms. The van der Waals surface area contributed by atoms with E-state index in [2.05, 4.69) is 19.1 Å². The summed E-state index contributed by atoms with van der Waals surface area (Å²) in [5.74, 6) is -0.0230. The Morgan fingerprint density at radius 3 is 2.27 bits per heavy atom. The summed E-state index contributed by atoms with van der Waals surface area (Å²) in [6, 6.07) is 25.9. The lowest BCUT2D eigenvalue weighted by atomic mass is 10.1. The number of rotatable bonds is 6. The Hall–Kier alpha value is -3.10.